The predicted octanol–water partition coefficient (Wildman–Crippen LogP) is 3.82. The average Bonchev–Trinajstić information content (AvgIpc) is 2.45. The third kappa shape index (κ3) is 4.84. The number of rotatable bonds is 6. The lowest BCUT2D eigenvalue weighted by atomic mass is 10.1. The summed E-state index contributed by atoms with van der Waals surface area (Å²) in [6, 6.07) is 16.7. The molecule has 3 N–H and O–H groups in total. The lowest BCUT2D eigenvalue weighted by Crippen LogP contribution is -2.38. The Morgan fingerprint density at radius 2 is 1.95 bits per heavy atom. The van der Waals surface area contributed by atoms with Crippen LogP contribution in [0.4, 0.5) is 0 Å². The van der Waals surface area contributed by atoms with Crippen molar-refractivity contribution in [2.24, 2.45) is 5.84 Å². The van der Waals surface area contributed by atoms with Gasteiger partial charge in [-0.1, -0.05) is 47.5 Å². The van der Waals surface area contributed by atoms with E-state index in [4.69, 9.17) is 17.4 Å². The van der Waals surface area contributed by atoms with Crippen molar-refractivity contribution >= 4 is 23.4 Å². The number of thioether (sulfide) groups is 1. The summed E-state index contributed by atoms with van der Waals surface area (Å²) >= 11 is 7.75. The highest BCUT2D eigenvalue weighted by Crippen LogP contribution is 2.22. The zero-order valence-electron chi connectivity index (χ0n) is 11.5. The van der Waals surface area contributed by atoms with Gasteiger partial charge in [0, 0.05) is 21.7 Å². The zero-order chi connectivity index (χ0) is 14.4. The molecule has 20 heavy (non-hydrogen) atoms. The molecule has 0 bridgehead atoms. The van der Waals surface area contributed by atoms with Gasteiger partial charge in [-0.2, -0.15) is 0 Å². The molecule has 0 saturated heterocycles. The van der Waals surface area contributed by atoms with Crippen LogP contribution in [0.25, 0.3) is 0 Å². The molecule has 2 aromatic carbocycles. The molecule has 0 aliphatic heterocycles. The van der Waals surface area contributed by atoms with E-state index in [1.165, 1.54) is 16.0 Å². The molecule has 1 atom stereocenters. The SMILES string of the molecule is Cc1ccc(CC(CSc2cccc(Cl)c2)NN)cc1. The third-order valence-electron chi connectivity index (χ3n) is 3.09. The maximum atomic E-state index is 5.98. The van der Waals surface area contributed by atoms with Gasteiger partial charge < -0.3 is 0 Å². The Hall–Kier alpha value is -1.00. The minimum absolute atomic E-state index is 0.238. The monoisotopic (exact) mass is 306 g/mol. The number of nitrogens with one attached hydrogen (secondary N) is 1. The number of hydrogen-bond acceptors (Lipinski definition) is 3. The highest BCUT2D eigenvalue weighted by atomic mass is 35.5. The first-order valence-electron chi connectivity index (χ1n) is 6.57. The van der Waals surface area contributed by atoms with Crippen molar-refractivity contribution in [2.45, 2.75) is 24.3 Å². The topological polar surface area (TPSA) is 38.0 Å². The van der Waals surface area contributed by atoms with Crippen LogP contribution in [-0.4, -0.2) is 11.8 Å². The molecule has 0 saturated carbocycles. The third-order valence-corrected chi connectivity index (χ3v) is 4.48. The van der Waals surface area contributed by atoms with Crippen molar-refractivity contribution < 1.29 is 0 Å². The molecule has 0 amide bonds. The van der Waals surface area contributed by atoms with Gasteiger partial charge in [0.15, 0.2) is 0 Å². The number of aryl methyl sites for hydroxylation is 1. The minimum Gasteiger partial charge on any atom is -0.271 e. The number of hydrazine groups is 1. The van der Waals surface area contributed by atoms with Gasteiger partial charge in [0.25, 0.3) is 0 Å². The fourth-order valence-electron chi connectivity index (χ4n) is 1.93. The predicted molar refractivity (Wildman–Crippen MR) is 88.2 cm³/mol. The molecule has 4 heteroatoms. The lowest BCUT2D eigenvalue weighted by molar-refractivity contribution is 0.575. The highest BCUT2D eigenvalue weighted by Gasteiger charge is 2.08. The summed E-state index contributed by atoms with van der Waals surface area (Å²) in [7, 11) is 0. The second-order valence-electron chi connectivity index (χ2n) is 4.82. The summed E-state index contributed by atoms with van der Waals surface area (Å²) in [5, 5.41) is 0.769. The Labute approximate surface area is 129 Å². The van der Waals surface area contributed by atoms with Crippen molar-refractivity contribution in [2.75, 3.05) is 5.75 Å². The first-order chi connectivity index (χ1) is 9.67. The van der Waals surface area contributed by atoms with Gasteiger partial charge in [-0.05, 0) is 37.1 Å². The normalized spacial score (nSPS) is 12.3. The summed E-state index contributed by atoms with van der Waals surface area (Å²) in [4.78, 5) is 1.17. The van der Waals surface area contributed by atoms with Gasteiger partial charge in [-0.25, -0.2) is 0 Å². The number of halogens is 1. The molecular weight excluding hydrogens is 288 g/mol. The maximum absolute atomic E-state index is 5.98. The smallest absolute Gasteiger partial charge is 0.0417 e. The van der Waals surface area contributed by atoms with Gasteiger partial charge in [-0.3, -0.25) is 11.3 Å². The van der Waals surface area contributed by atoms with E-state index >= 15 is 0 Å². The van der Waals surface area contributed by atoms with Crippen LogP contribution < -0.4 is 11.3 Å². The summed E-state index contributed by atoms with van der Waals surface area (Å²) < 4.78 is 0. The van der Waals surface area contributed by atoms with Crippen LogP contribution >= 0.6 is 23.4 Å². The molecular formula is C16H19ClN2S. The zero-order valence-corrected chi connectivity index (χ0v) is 13.0. The van der Waals surface area contributed by atoms with E-state index < -0.39 is 0 Å². The molecule has 1 unspecified atom stereocenters. The molecule has 2 nitrogen and oxygen atoms in total. The fourth-order valence-corrected chi connectivity index (χ4v) is 3.18. The standard InChI is InChI=1S/C16H19ClN2S/c1-12-5-7-13(8-6-12)9-15(19-18)11-20-16-4-2-3-14(17)10-16/h2-8,10,15,19H,9,11,18H2,1H3. The van der Waals surface area contributed by atoms with Crippen molar-refractivity contribution in [3.8, 4) is 0 Å². The molecule has 0 aromatic heterocycles. The largest absolute Gasteiger partial charge is 0.271 e. The summed E-state index contributed by atoms with van der Waals surface area (Å²) in [6.07, 6.45) is 0.921. The Bertz CT molecular complexity index is 542. The fraction of sp³-hybridized carbons (Fsp3) is 0.250. The van der Waals surface area contributed by atoms with E-state index in [-0.39, 0.29) is 6.04 Å². The van der Waals surface area contributed by atoms with Crippen molar-refractivity contribution in [1.29, 1.82) is 0 Å². The molecule has 0 radical (unpaired) electrons. The van der Waals surface area contributed by atoms with E-state index in [1.807, 2.05) is 18.2 Å². The molecule has 0 aliphatic carbocycles. The highest BCUT2D eigenvalue weighted by molar-refractivity contribution is 7.99. The van der Waals surface area contributed by atoms with Crippen LogP contribution in [0.2, 0.25) is 5.02 Å². The quantitative estimate of drug-likeness (QED) is 0.484. The summed E-state index contributed by atoms with van der Waals surface area (Å²) in [5.41, 5.74) is 5.47. The molecule has 0 fully saturated rings. The van der Waals surface area contributed by atoms with Gasteiger partial charge in [-0.15, -0.1) is 11.8 Å². The van der Waals surface area contributed by atoms with Gasteiger partial charge in [0.05, 0.1) is 0 Å². The summed E-state index contributed by atoms with van der Waals surface area (Å²) in [6.45, 7) is 2.09. The second-order valence-corrected chi connectivity index (χ2v) is 6.35. The van der Waals surface area contributed by atoms with Crippen LogP contribution in [0.15, 0.2) is 53.4 Å². The first-order valence-corrected chi connectivity index (χ1v) is 7.94. The maximum Gasteiger partial charge on any atom is 0.0417 e. The first kappa shape index (κ1) is 15.4. The molecule has 0 heterocycles. The Morgan fingerprint density at radius 3 is 2.60 bits per heavy atom. The second kappa shape index (κ2) is 7.70. The molecule has 0 aliphatic rings. The van der Waals surface area contributed by atoms with Gasteiger partial charge >= 0.3 is 0 Å². The number of hydrogen-bond donors (Lipinski definition) is 2. The lowest BCUT2D eigenvalue weighted by Gasteiger charge is -2.15. The van der Waals surface area contributed by atoms with E-state index in [1.54, 1.807) is 11.8 Å². The minimum atomic E-state index is 0.238. The Balaban J connectivity index is 1.90. The number of benzene rings is 2. The van der Waals surface area contributed by atoms with Crippen molar-refractivity contribution in [3.05, 3.63) is 64.7 Å². The van der Waals surface area contributed by atoms with Crippen LogP contribution in [-0.2, 0) is 6.42 Å². The Morgan fingerprint density at radius 1 is 1.20 bits per heavy atom. The molecule has 2 rings (SSSR count). The van der Waals surface area contributed by atoms with Crippen LogP contribution in [0, 0.1) is 6.92 Å². The molecule has 0 spiro atoms. The van der Waals surface area contributed by atoms with Crippen LogP contribution in [0.5, 0.6) is 0 Å². The van der Waals surface area contributed by atoms with E-state index in [2.05, 4.69) is 42.7 Å². The van der Waals surface area contributed by atoms with E-state index in [9.17, 15) is 0 Å². The molecule has 2 aromatic rings. The van der Waals surface area contributed by atoms with Crippen LogP contribution in [0.3, 0.4) is 0 Å². The molecule has 106 valence electrons. The average molecular weight is 307 g/mol. The van der Waals surface area contributed by atoms with E-state index in [0.29, 0.717) is 0 Å². The Kier molecular flexibility index (Phi) is 5.92. The van der Waals surface area contributed by atoms with Gasteiger partial charge in [0.1, 0.15) is 0 Å². The van der Waals surface area contributed by atoms with Crippen LogP contribution in [0.1, 0.15) is 11.1 Å². The number of nitrogens with two attached hydrogens (primary N) is 1. The van der Waals surface area contributed by atoms with Crippen molar-refractivity contribution in [1.82, 2.24) is 5.43 Å². The van der Waals surface area contributed by atoms with Crippen molar-refractivity contribution in [3.63, 3.8) is 0 Å². The van der Waals surface area contributed by atoms with Gasteiger partial charge in [0.2, 0.25) is 0 Å². The van der Waals surface area contributed by atoms with E-state index in [0.717, 1.165) is 17.2 Å². The summed E-state index contributed by atoms with van der Waals surface area (Å²) in [5.74, 6) is 6.56.